The third-order valence-electron chi connectivity index (χ3n) is 3.20. The predicted octanol–water partition coefficient (Wildman–Crippen LogP) is 0.417. The first-order valence-corrected chi connectivity index (χ1v) is 8.97. The Morgan fingerprint density at radius 2 is 2.21 bits per heavy atom. The lowest BCUT2D eigenvalue weighted by Crippen LogP contribution is -2.15. The summed E-state index contributed by atoms with van der Waals surface area (Å²) in [6.45, 7) is 0. The number of hydrogen-bond donors (Lipinski definition) is 2. The fourth-order valence-corrected chi connectivity index (χ4v) is 4.04. The summed E-state index contributed by atoms with van der Waals surface area (Å²) in [5.74, 6) is -1.13. The number of amides is 1. The highest BCUT2D eigenvalue weighted by atomic mass is 32.2. The maximum atomic E-state index is 12.4. The molecule has 2 heterocycles. The van der Waals surface area contributed by atoms with Crippen LogP contribution in [-0.2, 0) is 28.3 Å². The van der Waals surface area contributed by atoms with Gasteiger partial charge in [0.15, 0.2) is 10.7 Å². The van der Waals surface area contributed by atoms with E-state index in [0.29, 0.717) is 16.8 Å². The second-order valence-electron chi connectivity index (χ2n) is 4.95. The van der Waals surface area contributed by atoms with Crippen LogP contribution in [0.1, 0.15) is 5.69 Å². The van der Waals surface area contributed by atoms with Crippen molar-refractivity contribution in [3.63, 3.8) is 0 Å². The lowest BCUT2D eigenvalue weighted by molar-refractivity contribution is -0.117. The normalized spacial score (nSPS) is 11.7. The van der Waals surface area contributed by atoms with Crippen LogP contribution in [0.3, 0.4) is 0 Å². The van der Waals surface area contributed by atoms with E-state index in [4.69, 9.17) is 10.2 Å². The van der Waals surface area contributed by atoms with Crippen molar-refractivity contribution < 1.29 is 17.6 Å². The van der Waals surface area contributed by atoms with Crippen LogP contribution in [0.2, 0.25) is 0 Å². The molecule has 3 rings (SSSR count). The van der Waals surface area contributed by atoms with Crippen LogP contribution >= 0.6 is 11.3 Å². The lowest BCUT2D eigenvalue weighted by atomic mass is 10.3. The Bertz CT molecular complexity index is 1090. The molecule has 1 aromatic carbocycles. The van der Waals surface area contributed by atoms with Crippen molar-refractivity contribution in [2.75, 3.05) is 4.72 Å². The SMILES string of the molecule is Cn1c(=O)oc2ccc(S(=O)(=O)Nc3nc(CC(N)=O)cs3)cc21. The summed E-state index contributed by atoms with van der Waals surface area (Å²) < 4.78 is 33.4. The molecule has 3 aromatic rings. The van der Waals surface area contributed by atoms with Crippen LogP contribution < -0.4 is 16.2 Å². The van der Waals surface area contributed by atoms with Crippen molar-refractivity contribution in [1.82, 2.24) is 9.55 Å². The first-order chi connectivity index (χ1) is 11.3. The summed E-state index contributed by atoms with van der Waals surface area (Å²) in [6, 6.07) is 4.07. The highest BCUT2D eigenvalue weighted by Crippen LogP contribution is 2.23. The maximum absolute atomic E-state index is 12.4. The number of thiazole rings is 1. The first kappa shape index (κ1) is 16.2. The van der Waals surface area contributed by atoms with E-state index in [9.17, 15) is 18.0 Å². The van der Waals surface area contributed by atoms with E-state index in [1.165, 1.54) is 29.8 Å². The molecule has 0 saturated heterocycles. The van der Waals surface area contributed by atoms with Gasteiger partial charge in [0.1, 0.15) is 0 Å². The number of aryl methyl sites for hydroxylation is 1. The number of rotatable bonds is 5. The predicted molar refractivity (Wildman–Crippen MR) is 87.3 cm³/mol. The number of nitrogens with one attached hydrogen (secondary N) is 1. The van der Waals surface area contributed by atoms with Gasteiger partial charge in [0.2, 0.25) is 5.91 Å². The van der Waals surface area contributed by atoms with Gasteiger partial charge in [-0.2, -0.15) is 0 Å². The molecule has 0 fully saturated rings. The smallest absolute Gasteiger partial charge is 0.408 e. The Balaban J connectivity index is 1.92. The molecule has 0 unspecified atom stereocenters. The fourth-order valence-electron chi connectivity index (χ4n) is 2.06. The number of anilines is 1. The molecular weight excluding hydrogens is 356 g/mol. The number of oxazole rings is 1. The Kier molecular flexibility index (Phi) is 3.89. The number of nitrogens with two attached hydrogens (primary N) is 1. The van der Waals surface area contributed by atoms with Crippen LogP contribution in [0, 0.1) is 0 Å². The number of carbonyl (C=O) groups is 1. The lowest BCUT2D eigenvalue weighted by Gasteiger charge is -2.05. The largest absolute Gasteiger partial charge is 0.419 e. The van der Waals surface area contributed by atoms with Gasteiger partial charge in [0.05, 0.1) is 22.5 Å². The molecule has 0 spiro atoms. The van der Waals surface area contributed by atoms with Gasteiger partial charge in [-0.1, -0.05) is 0 Å². The maximum Gasteiger partial charge on any atom is 0.419 e. The molecule has 9 nitrogen and oxygen atoms in total. The molecule has 126 valence electrons. The molecule has 0 aliphatic heterocycles. The molecular formula is C13H12N4O5S2. The average Bonchev–Trinajstić information content (AvgIpc) is 3.03. The van der Waals surface area contributed by atoms with Crippen molar-refractivity contribution in [2.24, 2.45) is 12.8 Å². The molecule has 2 aromatic heterocycles. The van der Waals surface area contributed by atoms with Crippen molar-refractivity contribution >= 4 is 43.5 Å². The van der Waals surface area contributed by atoms with Gasteiger partial charge in [-0.3, -0.25) is 14.1 Å². The van der Waals surface area contributed by atoms with Gasteiger partial charge < -0.3 is 10.2 Å². The van der Waals surface area contributed by atoms with E-state index in [0.717, 1.165) is 11.3 Å². The number of carbonyl (C=O) groups excluding carboxylic acids is 1. The van der Waals surface area contributed by atoms with Gasteiger partial charge >= 0.3 is 5.76 Å². The minimum absolute atomic E-state index is 0.0435. The van der Waals surface area contributed by atoms with Crippen LogP contribution in [0.5, 0.6) is 0 Å². The van der Waals surface area contributed by atoms with E-state index in [1.807, 2.05) is 0 Å². The molecule has 0 bridgehead atoms. The molecule has 3 N–H and O–H groups in total. The van der Waals surface area contributed by atoms with Gasteiger partial charge in [-0.15, -0.1) is 11.3 Å². The highest BCUT2D eigenvalue weighted by molar-refractivity contribution is 7.93. The molecule has 0 aliphatic carbocycles. The zero-order valence-corrected chi connectivity index (χ0v) is 14.0. The molecule has 0 aliphatic rings. The molecule has 0 radical (unpaired) electrons. The summed E-state index contributed by atoms with van der Waals surface area (Å²) >= 11 is 1.04. The summed E-state index contributed by atoms with van der Waals surface area (Å²) in [6.07, 6.45) is -0.0681. The minimum atomic E-state index is -3.90. The Labute approximate surface area is 139 Å². The second-order valence-corrected chi connectivity index (χ2v) is 7.49. The van der Waals surface area contributed by atoms with E-state index in [-0.39, 0.29) is 16.4 Å². The van der Waals surface area contributed by atoms with Crippen LogP contribution in [0.15, 0.2) is 37.7 Å². The summed E-state index contributed by atoms with van der Waals surface area (Å²) in [5.41, 5.74) is 6.11. The van der Waals surface area contributed by atoms with Crippen molar-refractivity contribution in [3.8, 4) is 0 Å². The average molecular weight is 368 g/mol. The molecule has 11 heteroatoms. The van der Waals surface area contributed by atoms with Gasteiger partial charge in [0, 0.05) is 12.4 Å². The van der Waals surface area contributed by atoms with E-state index in [1.54, 1.807) is 5.38 Å². The zero-order chi connectivity index (χ0) is 17.5. The van der Waals surface area contributed by atoms with Crippen LogP contribution in [0.25, 0.3) is 11.1 Å². The molecule has 0 saturated carbocycles. The standard InChI is InChI=1S/C13H12N4O5S2/c1-17-9-5-8(2-3-10(9)22-13(17)19)24(20,21)16-12-15-7(6-23-12)4-11(14)18/h2-3,5-6H,4H2,1H3,(H2,14,18)(H,15,16). The Morgan fingerprint density at radius 1 is 1.46 bits per heavy atom. The number of fused-ring (bicyclic) bond motifs is 1. The fraction of sp³-hybridized carbons (Fsp3) is 0.154. The minimum Gasteiger partial charge on any atom is -0.408 e. The third kappa shape index (κ3) is 3.03. The summed E-state index contributed by atoms with van der Waals surface area (Å²) in [4.78, 5) is 26.3. The molecule has 0 atom stereocenters. The van der Waals surface area contributed by atoms with Gasteiger partial charge in [-0.25, -0.2) is 18.2 Å². The number of sulfonamides is 1. The zero-order valence-electron chi connectivity index (χ0n) is 12.3. The topological polar surface area (TPSA) is 137 Å². The van der Waals surface area contributed by atoms with Crippen molar-refractivity contribution in [3.05, 3.63) is 39.8 Å². The number of benzene rings is 1. The van der Waals surface area contributed by atoms with E-state index < -0.39 is 21.7 Å². The molecule has 1 amide bonds. The van der Waals surface area contributed by atoms with E-state index in [2.05, 4.69) is 9.71 Å². The first-order valence-electron chi connectivity index (χ1n) is 6.61. The monoisotopic (exact) mass is 368 g/mol. The summed E-state index contributed by atoms with van der Waals surface area (Å²) in [7, 11) is -2.42. The highest BCUT2D eigenvalue weighted by Gasteiger charge is 2.19. The van der Waals surface area contributed by atoms with Crippen LogP contribution in [0.4, 0.5) is 5.13 Å². The quantitative estimate of drug-likeness (QED) is 0.669. The van der Waals surface area contributed by atoms with Gasteiger partial charge in [0.25, 0.3) is 10.0 Å². The number of primary amides is 1. The van der Waals surface area contributed by atoms with Crippen molar-refractivity contribution in [1.29, 1.82) is 0 Å². The van der Waals surface area contributed by atoms with Gasteiger partial charge in [-0.05, 0) is 18.2 Å². The van der Waals surface area contributed by atoms with E-state index >= 15 is 0 Å². The third-order valence-corrected chi connectivity index (χ3v) is 5.47. The number of nitrogens with zero attached hydrogens (tertiary/aromatic N) is 2. The Hall–Kier alpha value is -2.66. The summed E-state index contributed by atoms with van der Waals surface area (Å²) in [5, 5.41) is 1.67. The second kappa shape index (κ2) is 5.76. The van der Waals surface area contributed by atoms with Crippen molar-refractivity contribution in [2.45, 2.75) is 11.3 Å². The molecule has 24 heavy (non-hydrogen) atoms. The van der Waals surface area contributed by atoms with Crippen LogP contribution in [-0.4, -0.2) is 23.9 Å². The Morgan fingerprint density at radius 3 is 2.92 bits per heavy atom. The number of aromatic nitrogens is 2. The number of hydrogen-bond acceptors (Lipinski definition) is 7.